The van der Waals surface area contributed by atoms with Gasteiger partial charge in [-0.2, -0.15) is 0 Å². The van der Waals surface area contributed by atoms with Gasteiger partial charge in [-0.25, -0.2) is 4.79 Å². The molecule has 0 fully saturated rings. The van der Waals surface area contributed by atoms with Crippen LogP contribution in [0.4, 0.5) is 21.9 Å². The number of carbonyl (C=O) groups excluding carboxylic acids is 2. The quantitative estimate of drug-likeness (QED) is 0.401. The van der Waals surface area contributed by atoms with Crippen LogP contribution in [0.1, 0.15) is 32.8 Å². The van der Waals surface area contributed by atoms with Gasteiger partial charge in [0.2, 0.25) is 5.91 Å². The zero-order valence-corrected chi connectivity index (χ0v) is 19.6. The first-order valence-corrected chi connectivity index (χ1v) is 10.7. The second-order valence-electron chi connectivity index (χ2n) is 8.01. The van der Waals surface area contributed by atoms with Crippen LogP contribution >= 0.6 is 0 Å². The highest BCUT2D eigenvalue weighted by Crippen LogP contribution is 2.31. The second-order valence-corrected chi connectivity index (χ2v) is 8.01. The molecule has 0 saturated heterocycles. The third-order valence-corrected chi connectivity index (χ3v) is 5.07. The number of carboxylic acid groups (broad SMARTS) is 1. The van der Waals surface area contributed by atoms with E-state index in [-0.39, 0.29) is 24.4 Å². The number of ether oxygens (including phenoxy) is 1. The minimum atomic E-state index is -0.883. The van der Waals surface area contributed by atoms with E-state index in [9.17, 15) is 14.4 Å². The van der Waals surface area contributed by atoms with Crippen LogP contribution in [0.25, 0.3) is 0 Å². The molecule has 9 heteroatoms. The second kappa shape index (κ2) is 11.8. The molecule has 33 heavy (non-hydrogen) atoms. The van der Waals surface area contributed by atoms with E-state index >= 15 is 0 Å². The normalized spacial score (nSPS) is 12.3. The molecule has 4 N–H and O–H groups in total. The average Bonchev–Trinajstić information content (AvgIpc) is 2.73. The van der Waals surface area contributed by atoms with Crippen molar-refractivity contribution in [3.8, 4) is 5.75 Å². The standard InChI is InChI=1S/C24H32N4O5/c1-15(12-23(30)31)14-28(17(3)25-18(4)29)19-10-11-21(22(13-19)33-5)27-24(32)26-20-9-7-6-8-16(20)2/h6-11,13,15,17H,12,14H2,1-5H3,(H,25,29)(H,30,31)(H2,26,27,32). The van der Waals surface area contributed by atoms with E-state index < -0.39 is 12.0 Å². The van der Waals surface area contributed by atoms with E-state index in [4.69, 9.17) is 9.84 Å². The molecule has 0 spiro atoms. The molecule has 0 aromatic heterocycles. The van der Waals surface area contributed by atoms with Gasteiger partial charge in [-0.3, -0.25) is 9.59 Å². The summed E-state index contributed by atoms with van der Waals surface area (Å²) in [4.78, 5) is 37.1. The number of hydrogen-bond acceptors (Lipinski definition) is 5. The topological polar surface area (TPSA) is 120 Å². The number of nitrogens with zero attached hydrogens (tertiary/aromatic N) is 1. The number of amides is 3. The predicted molar refractivity (Wildman–Crippen MR) is 129 cm³/mol. The van der Waals surface area contributed by atoms with Crippen LogP contribution < -0.4 is 25.6 Å². The fourth-order valence-corrected chi connectivity index (χ4v) is 3.51. The van der Waals surface area contributed by atoms with E-state index in [0.29, 0.717) is 23.7 Å². The lowest BCUT2D eigenvalue weighted by Gasteiger charge is -2.34. The lowest BCUT2D eigenvalue weighted by atomic mass is 10.1. The third kappa shape index (κ3) is 7.71. The number of nitrogens with one attached hydrogen (secondary N) is 3. The van der Waals surface area contributed by atoms with Crippen molar-refractivity contribution in [2.24, 2.45) is 5.92 Å². The molecule has 0 aliphatic rings. The van der Waals surface area contributed by atoms with Gasteiger partial charge in [0.15, 0.2) is 0 Å². The number of anilines is 3. The van der Waals surface area contributed by atoms with E-state index in [2.05, 4.69) is 16.0 Å². The molecule has 0 aliphatic carbocycles. The Balaban J connectivity index is 2.25. The molecule has 3 amide bonds. The Bertz CT molecular complexity index is 995. The van der Waals surface area contributed by atoms with Gasteiger partial charge in [0, 0.05) is 37.3 Å². The van der Waals surface area contributed by atoms with Crippen LogP contribution in [-0.2, 0) is 9.59 Å². The fourth-order valence-electron chi connectivity index (χ4n) is 3.51. The molecule has 0 bridgehead atoms. The van der Waals surface area contributed by atoms with Crippen LogP contribution in [0.15, 0.2) is 42.5 Å². The number of methoxy groups -OCH3 is 1. The largest absolute Gasteiger partial charge is 0.494 e. The van der Waals surface area contributed by atoms with Gasteiger partial charge < -0.3 is 30.7 Å². The van der Waals surface area contributed by atoms with Crippen molar-refractivity contribution in [2.45, 2.75) is 40.3 Å². The van der Waals surface area contributed by atoms with Crippen LogP contribution in [0.3, 0.4) is 0 Å². The number of aryl methyl sites for hydroxylation is 1. The Labute approximate surface area is 194 Å². The zero-order chi connectivity index (χ0) is 24.5. The molecule has 9 nitrogen and oxygen atoms in total. The first kappa shape index (κ1) is 25.5. The summed E-state index contributed by atoms with van der Waals surface area (Å²) in [5, 5.41) is 17.6. The van der Waals surface area contributed by atoms with E-state index in [1.807, 2.05) is 49.9 Å². The summed E-state index contributed by atoms with van der Waals surface area (Å²) in [5.74, 6) is -0.816. The summed E-state index contributed by atoms with van der Waals surface area (Å²) in [7, 11) is 1.50. The van der Waals surface area contributed by atoms with Crippen molar-refractivity contribution in [1.82, 2.24) is 5.32 Å². The fraction of sp³-hybridized carbons (Fsp3) is 0.375. The van der Waals surface area contributed by atoms with Crippen molar-refractivity contribution >= 4 is 35.0 Å². The summed E-state index contributed by atoms with van der Waals surface area (Å²) < 4.78 is 5.49. The Kier molecular flexibility index (Phi) is 9.08. The average molecular weight is 457 g/mol. The van der Waals surface area contributed by atoms with Gasteiger partial charge in [-0.1, -0.05) is 25.1 Å². The Morgan fingerprint density at radius 1 is 1.06 bits per heavy atom. The first-order valence-electron chi connectivity index (χ1n) is 10.7. The predicted octanol–water partition coefficient (Wildman–Crippen LogP) is 4.05. The first-order chi connectivity index (χ1) is 15.6. The van der Waals surface area contributed by atoms with Crippen LogP contribution in [0.2, 0.25) is 0 Å². The van der Waals surface area contributed by atoms with E-state index in [0.717, 1.165) is 11.3 Å². The molecule has 178 valence electrons. The highest BCUT2D eigenvalue weighted by atomic mass is 16.5. The number of rotatable bonds is 10. The molecule has 2 aromatic rings. The summed E-state index contributed by atoms with van der Waals surface area (Å²) >= 11 is 0. The Morgan fingerprint density at radius 3 is 2.33 bits per heavy atom. The molecule has 0 aliphatic heterocycles. The number of para-hydroxylation sites is 1. The molecular formula is C24H32N4O5. The third-order valence-electron chi connectivity index (χ3n) is 5.07. The lowest BCUT2D eigenvalue weighted by molar-refractivity contribution is -0.138. The lowest BCUT2D eigenvalue weighted by Crippen LogP contribution is -2.47. The number of urea groups is 1. The van der Waals surface area contributed by atoms with Gasteiger partial charge in [0.1, 0.15) is 5.75 Å². The summed E-state index contributed by atoms with van der Waals surface area (Å²) in [6, 6.07) is 12.3. The molecular weight excluding hydrogens is 424 g/mol. The SMILES string of the molecule is COc1cc(N(CC(C)CC(=O)O)C(C)NC(C)=O)ccc1NC(=O)Nc1ccccc1C. The molecule has 2 unspecified atom stereocenters. The van der Waals surface area contributed by atoms with E-state index in [1.54, 1.807) is 18.2 Å². The maximum absolute atomic E-state index is 12.5. The highest BCUT2D eigenvalue weighted by Gasteiger charge is 2.21. The summed E-state index contributed by atoms with van der Waals surface area (Å²) in [6.45, 7) is 7.39. The number of benzene rings is 2. The van der Waals surface area contributed by atoms with Crippen molar-refractivity contribution < 1.29 is 24.2 Å². The maximum atomic E-state index is 12.5. The van der Waals surface area contributed by atoms with Crippen molar-refractivity contribution in [3.05, 3.63) is 48.0 Å². The number of carboxylic acids is 1. The van der Waals surface area contributed by atoms with Gasteiger partial charge >= 0.3 is 12.0 Å². The molecule has 2 atom stereocenters. The number of carbonyl (C=O) groups is 3. The highest BCUT2D eigenvalue weighted by molar-refractivity contribution is 6.01. The Morgan fingerprint density at radius 2 is 1.73 bits per heavy atom. The van der Waals surface area contributed by atoms with Crippen LogP contribution in [-0.4, -0.2) is 42.8 Å². The van der Waals surface area contributed by atoms with Crippen LogP contribution in [0.5, 0.6) is 5.75 Å². The van der Waals surface area contributed by atoms with Crippen molar-refractivity contribution in [3.63, 3.8) is 0 Å². The molecule has 0 heterocycles. The Hall–Kier alpha value is -3.75. The van der Waals surface area contributed by atoms with Gasteiger partial charge in [-0.15, -0.1) is 0 Å². The molecule has 2 rings (SSSR count). The zero-order valence-electron chi connectivity index (χ0n) is 19.6. The van der Waals surface area contributed by atoms with Gasteiger partial charge in [0.05, 0.1) is 19.0 Å². The minimum absolute atomic E-state index is 0.000854. The number of hydrogen-bond donors (Lipinski definition) is 4. The van der Waals surface area contributed by atoms with E-state index in [1.165, 1.54) is 14.0 Å². The van der Waals surface area contributed by atoms with Crippen molar-refractivity contribution in [2.75, 3.05) is 29.2 Å². The number of aliphatic carboxylic acids is 1. The summed E-state index contributed by atoms with van der Waals surface area (Å²) in [6.07, 6.45) is -0.384. The monoisotopic (exact) mass is 456 g/mol. The van der Waals surface area contributed by atoms with Crippen LogP contribution in [0, 0.1) is 12.8 Å². The maximum Gasteiger partial charge on any atom is 0.323 e. The van der Waals surface area contributed by atoms with Gasteiger partial charge in [-0.05, 0) is 43.5 Å². The van der Waals surface area contributed by atoms with Crippen molar-refractivity contribution in [1.29, 1.82) is 0 Å². The molecule has 0 radical (unpaired) electrons. The molecule has 0 saturated carbocycles. The smallest absolute Gasteiger partial charge is 0.323 e. The minimum Gasteiger partial charge on any atom is -0.494 e. The summed E-state index contributed by atoms with van der Waals surface area (Å²) in [5.41, 5.74) is 2.83. The molecule has 2 aromatic carbocycles. The van der Waals surface area contributed by atoms with Gasteiger partial charge in [0.25, 0.3) is 0 Å².